The van der Waals surface area contributed by atoms with E-state index < -0.39 is 22.4 Å². The van der Waals surface area contributed by atoms with Crippen LogP contribution >= 0.6 is 0 Å². The zero-order valence-electron chi connectivity index (χ0n) is 8.65. The van der Waals surface area contributed by atoms with Gasteiger partial charge in [-0.3, -0.25) is 4.79 Å². The molecule has 0 aromatic carbocycles. The maximum atomic E-state index is 11.2. The number of carboxylic acids is 1. The normalized spacial score (nSPS) is 24.4. The summed E-state index contributed by atoms with van der Waals surface area (Å²) in [7, 11) is -0.960. The second-order valence-electron chi connectivity index (χ2n) is 3.79. The Morgan fingerprint density at radius 3 is 2.29 bits per heavy atom. The number of aliphatic carboxylic acids is 1. The summed E-state index contributed by atoms with van der Waals surface area (Å²) in [6.45, 7) is 3.17. The summed E-state index contributed by atoms with van der Waals surface area (Å²) in [5.74, 6) is -0.707. The van der Waals surface area contributed by atoms with Crippen LogP contribution in [0.4, 0.5) is 0 Å². The van der Waals surface area contributed by atoms with Crippen LogP contribution in [-0.4, -0.2) is 38.9 Å². The van der Waals surface area contributed by atoms with Crippen LogP contribution in [0.25, 0.3) is 0 Å². The van der Waals surface area contributed by atoms with Crippen LogP contribution in [0.2, 0.25) is 0 Å². The van der Waals surface area contributed by atoms with Crippen molar-refractivity contribution >= 4 is 17.0 Å². The van der Waals surface area contributed by atoms with Crippen molar-refractivity contribution < 1.29 is 14.1 Å². The van der Waals surface area contributed by atoms with E-state index in [0.29, 0.717) is 32.4 Å². The third-order valence-electron chi connectivity index (χ3n) is 3.17. The summed E-state index contributed by atoms with van der Waals surface area (Å²) >= 11 is 0. The molecule has 1 heterocycles. The van der Waals surface area contributed by atoms with Gasteiger partial charge in [-0.15, -0.1) is 0 Å². The highest BCUT2D eigenvalue weighted by molar-refractivity contribution is 7.81. The van der Waals surface area contributed by atoms with Gasteiger partial charge in [0.2, 0.25) is 0 Å². The smallest absolute Gasteiger partial charge is 0.309 e. The molecule has 0 saturated carbocycles. The van der Waals surface area contributed by atoms with E-state index in [9.17, 15) is 9.00 Å². The Morgan fingerprint density at radius 1 is 1.50 bits per heavy atom. The molecule has 0 amide bonds. The predicted octanol–water partition coefficient (Wildman–Crippen LogP) is 0.857. The molecule has 0 aromatic heterocycles. The first-order valence-corrected chi connectivity index (χ1v) is 6.35. The van der Waals surface area contributed by atoms with Gasteiger partial charge in [-0.2, -0.15) is 0 Å². The molecule has 0 spiro atoms. The van der Waals surface area contributed by atoms with E-state index >= 15 is 0 Å². The van der Waals surface area contributed by atoms with E-state index in [2.05, 4.69) is 0 Å². The molecular formula is C9H17NO3S. The maximum absolute atomic E-state index is 11.2. The molecule has 1 N–H and O–H groups in total. The quantitative estimate of drug-likeness (QED) is 0.765. The lowest BCUT2D eigenvalue weighted by atomic mass is 9.77. The monoisotopic (exact) mass is 219 g/mol. The summed E-state index contributed by atoms with van der Waals surface area (Å²) in [6.07, 6.45) is 3.52. The van der Waals surface area contributed by atoms with Crippen molar-refractivity contribution in [2.24, 2.45) is 5.41 Å². The van der Waals surface area contributed by atoms with Gasteiger partial charge in [0.1, 0.15) is 0 Å². The molecule has 1 aliphatic rings. The minimum atomic E-state index is -0.960. The van der Waals surface area contributed by atoms with Crippen LogP contribution in [0, 0.1) is 5.41 Å². The summed E-state index contributed by atoms with van der Waals surface area (Å²) in [4.78, 5) is 11.1. The lowest BCUT2D eigenvalue weighted by Crippen LogP contribution is -2.44. The molecule has 0 aliphatic carbocycles. The molecule has 5 heteroatoms. The Kier molecular flexibility index (Phi) is 3.66. The first-order valence-electron chi connectivity index (χ1n) is 4.84. The number of piperidine rings is 1. The highest BCUT2D eigenvalue weighted by Gasteiger charge is 2.40. The lowest BCUT2D eigenvalue weighted by Gasteiger charge is -2.36. The van der Waals surface area contributed by atoms with E-state index in [4.69, 9.17) is 5.11 Å². The highest BCUT2D eigenvalue weighted by atomic mass is 32.2. The Bertz CT molecular complexity index is 246. The molecule has 1 rings (SSSR count). The van der Waals surface area contributed by atoms with Crippen LogP contribution < -0.4 is 0 Å². The van der Waals surface area contributed by atoms with Gasteiger partial charge in [0.25, 0.3) is 0 Å². The molecule has 0 aromatic rings. The number of nitrogens with zero attached hydrogens (tertiary/aromatic N) is 1. The molecule has 1 aliphatic heterocycles. The molecule has 1 saturated heterocycles. The van der Waals surface area contributed by atoms with Gasteiger partial charge in [-0.05, 0) is 19.3 Å². The molecule has 0 radical (unpaired) electrons. The molecule has 14 heavy (non-hydrogen) atoms. The fourth-order valence-electron chi connectivity index (χ4n) is 1.89. The average Bonchev–Trinajstić information content (AvgIpc) is 2.17. The summed E-state index contributed by atoms with van der Waals surface area (Å²) in [5, 5.41) is 9.12. The van der Waals surface area contributed by atoms with E-state index in [1.165, 1.54) is 0 Å². The zero-order chi connectivity index (χ0) is 10.8. The van der Waals surface area contributed by atoms with Gasteiger partial charge in [0.05, 0.1) is 16.4 Å². The minimum Gasteiger partial charge on any atom is -0.481 e. The fraction of sp³-hybridized carbons (Fsp3) is 0.889. The van der Waals surface area contributed by atoms with E-state index in [1.807, 2.05) is 11.2 Å². The number of carboxylic acid groups (broad SMARTS) is 1. The van der Waals surface area contributed by atoms with Gasteiger partial charge in [0, 0.05) is 19.3 Å². The summed E-state index contributed by atoms with van der Waals surface area (Å²) in [5.41, 5.74) is -0.574. The predicted molar refractivity (Wildman–Crippen MR) is 55.2 cm³/mol. The molecule has 4 nitrogen and oxygen atoms in total. The zero-order valence-corrected chi connectivity index (χ0v) is 9.47. The topological polar surface area (TPSA) is 57.6 Å². The van der Waals surface area contributed by atoms with Gasteiger partial charge >= 0.3 is 5.97 Å². The first-order chi connectivity index (χ1) is 6.52. The SMILES string of the molecule is CCC1(C(=O)O)CCN(S(C)=O)CC1. The summed E-state index contributed by atoms with van der Waals surface area (Å²) < 4.78 is 13.0. The van der Waals surface area contributed by atoms with Crippen molar-refractivity contribution in [2.75, 3.05) is 19.3 Å². The Hall–Kier alpha value is -0.420. The third kappa shape index (κ3) is 2.15. The van der Waals surface area contributed by atoms with Gasteiger partial charge in [-0.1, -0.05) is 6.92 Å². The maximum Gasteiger partial charge on any atom is 0.309 e. The van der Waals surface area contributed by atoms with Crippen LogP contribution in [0.5, 0.6) is 0 Å². The average molecular weight is 219 g/mol. The first kappa shape index (κ1) is 11.7. The molecular weight excluding hydrogens is 202 g/mol. The summed E-state index contributed by atoms with van der Waals surface area (Å²) in [6, 6.07) is 0. The standard InChI is InChI=1S/C9H17NO3S/c1-3-9(8(11)12)4-6-10(7-5-9)14(2)13/h3-7H2,1-2H3,(H,11,12). The Morgan fingerprint density at radius 2 is 2.00 bits per heavy atom. The molecule has 1 fully saturated rings. The largest absolute Gasteiger partial charge is 0.481 e. The van der Waals surface area contributed by atoms with Crippen molar-refractivity contribution in [3.05, 3.63) is 0 Å². The van der Waals surface area contributed by atoms with Gasteiger partial charge in [-0.25, -0.2) is 8.51 Å². The van der Waals surface area contributed by atoms with E-state index in [1.54, 1.807) is 6.26 Å². The van der Waals surface area contributed by atoms with Crippen LogP contribution in [-0.2, 0) is 15.8 Å². The van der Waals surface area contributed by atoms with E-state index in [0.717, 1.165) is 0 Å². The fourth-order valence-corrected chi connectivity index (χ4v) is 2.59. The molecule has 1 atom stereocenters. The van der Waals surface area contributed by atoms with Crippen molar-refractivity contribution in [3.8, 4) is 0 Å². The second-order valence-corrected chi connectivity index (χ2v) is 5.16. The molecule has 0 bridgehead atoms. The Labute approximate surface area is 86.9 Å². The third-order valence-corrected chi connectivity index (χ3v) is 4.27. The molecule has 82 valence electrons. The van der Waals surface area contributed by atoms with Gasteiger partial charge < -0.3 is 5.11 Å². The Balaban J connectivity index is 2.64. The van der Waals surface area contributed by atoms with Crippen LogP contribution in [0.1, 0.15) is 26.2 Å². The number of hydrogen-bond acceptors (Lipinski definition) is 2. The lowest BCUT2D eigenvalue weighted by molar-refractivity contribution is -0.151. The van der Waals surface area contributed by atoms with Crippen molar-refractivity contribution in [3.63, 3.8) is 0 Å². The number of carbonyl (C=O) groups is 1. The number of rotatable bonds is 3. The molecule has 1 unspecified atom stereocenters. The van der Waals surface area contributed by atoms with Crippen molar-refractivity contribution in [1.82, 2.24) is 4.31 Å². The number of hydrogen-bond donors (Lipinski definition) is 1. The van der Waals surface area contributed by atoms with Crippen molar-refractivity contribution in [1.29, 1.82) is 0 Å². The van der Waals surface area contributed by atoms with E-state index in [-0.39, 0.29) is 0 Å². The van der Waals surface area contributed by atoms with Crippen LogP contribution in [0.15, 0.2) is 0 Å². The highest BCUT2D eigenvalue weighted by Crippen LogP contribution is 2.35. The minimum absolute atomic E-state index is 0.574. The van der Waals surface area contributed by atoms with Crippen molar-refractivity contribution in [2.45, 2.75) is 26.2 Å². The van der Waals surface area contributed by atoms with Gasteiger partial charge in [0.15, 0.2) is 0 Å². The van der Waals surface area contributed by atoms with Crippen LogP contribution in [0.3, 0.4) is 0 Å². The second kappa shape index (κ2) is 4.40.